The van der Waals surface area contributed by atoms with Crippen LogP contribution < -0.4 is 10.1 Å². The second kappa shape index (κ2) is 9.30. The quantitative estimate of drug-likeness (QED) is 0.779. The van der Waals surface area contributed by atoms with Crippen LogP contribution in [-0.2, 0) is 14.3 Å². The van der Waals surface area contributed by atoms with E-state index in [1.807, 2.05) is 31.2 Å². The van der Waals surface area contributed by atoms with Crippen molar-refractivity contribution in [2.75, 3.05) is 13.2 Å². The zero-order chi connectivity index (χ0) is 17.4. The minimum absolute atomic E-state index is 0.126. The Bertz CT molecular complexity index is 558. The van der Waals surface area contributed by atoms with E-state index in [0.29, 0.717) is 5.92 Å². The van der Waals surface area contributed by atoms with Gasteiger partial charge in [0.15, 0.2) is 6.61 Å². The van der Waals surface area contributed by atoms with Crippen molar-refractivity contribution in [3.8, 4) is 5.75 Å². The first kappa shape index (κ1) is 18.3. The van der Waals surface area contributed by atoms with Crippen LogP contribution >= 0.6 is 0 Å². The van der Waals surface area contributed by atoms with Gasteiger partial charge in [-0.05, 0) is 43.4 Å². The van der Waals surface area contributed by atoms with E-state index in [4.69, 9.17) is 9.47 Å². The average Bonchev–Trinajstić information content (AvgIpc) is 2.55. The normalized spacial score (nSPS) is 20.2. The molecule has 1 saturated carbocycles. The summed E-state index contributed by atoms with van der Waals surface area (Å²) in [7, 11) is 0. The second-order valence-corrected chi connectivity index (χ2v) is 6.51. The van der Waals surface area contributed by atoms with E-state index in [2.05, 4.69) is 12.2 Å². The monoisotopic (exact) mass is 333 g/mol. The summed E-state index contributed by atoms with van der Waals surface area (Å²) in [6, 6.07) is 7.84. The molecule has 24 heavy (non-hydrogen) atoms. The molecule has 0 spiro atoms. The maximum absolute atomic E-state index is 11.9. The van der Waals surface area contributed by atoms with Gasteiger partial charge in [0.1, 0.15) is 5.75 Å². The molecule has 0 radical (unpaired) electrons. The maximum Gasteiger partial charge on any atom is 0.309 e. The number of rotatable bonds is 7. The van der Waals surface area contributed by atoms with Crippen molar-refractivity contribution in [2.45, 2.75) is 52.0 Å². The Morgan fingerprint density at radius 3 is 2.79 bits per heavy atom. The number of hydrogen-bond acceptors (Lipinski definition) is 4. The number of aryl methyl sites for hydroxylation is 1. The fraction of sp³-hybridized carbons (Fsp3) is 0.579. The Balaban J connectivity index is 1.61. The van der Waals surface area contributed by atoms with Gasteiger partial charge in [0.05, 0.1) is 13.0 Å². The molecule has 5 heteroatoms. The zero-order valence-electron chi connectivity index (χ0n) is 14.5. The number of amides is 1. The van der Waals surface area contributed by atoms with Gasteiger partial charge < -0.3 is 14.8 Å². The van der Waals surface area contributed by atoms with E-state index in [-0.39, 0.29) is 31.6 Å². The molecule has 1 aliphatic carbocycles. The van der Waals surface area contributed by atoms with Crippen molar-refractivity contribution in [3.63, 3.8) is 0 Å². The third-order valence-electron chi connectivity index (χ3n) is 4.39. The van der Waals surface area contributed by atoms with Crippen molar-refractivity contribution in [3.05, 3.63) is 29.8 Å². The molecule has 1 aromatic carbocycles. The predicted molar refractivity (Wildman–Crippen MR) is 91.8 cm³/mol. The molecule has 1 aromatic rings. The van der Waals surface area contributed by atoms with Gasteiger partial charge in [0.25, 0.3) is 5.91 Å². The van der Waals surface area contributed by atoms with Crippen LogP contribution in [0.2, 0.25) is 0 Å². The first-order valence-corrected chi connectivity index (χ1v) is 8.69. The van der Waals surface area contributed by atoms with Gasteiger partial charge in [0, 0.05) is 6.04 Å². The molecule has 1 amide bonds. The van der Waals surface area contributed by atoms with Crippen LogP contribution in [0.5, 0.6) is 5.75 Å². The van der Waals surface area contributed by atoms with E-state index < -0.39 is 5.97 Å². The van der Waals surface area contributed by atoms with E-state index >= 15 is 0 Å². The molecule has 0 bridgehead atoms. The lowest BCUT2D eigenvalue weighted by molar-refractivity contribution is -0.149. The summed E-state index contributed by atoms with van der Waals surface area (Å²) in [6.07, 6.45) is 4.64. The fourth-order valence-corrected chi connectivity index (χ4v) is 2.95. The van der Waals surface area contributed by atoms with Crippen molar-refractivity contribution in [1.82, 2.24) is 5.32 Å². The molecule has 0 heterocycles. The van der Waals surface area contributed by atoms with Crippen molar-refractivity contribution < 1.29 is 19.1 Å². The van der Waals surface area contributed by atoms with Crippen LogP contribution in [0.15, 0.2) is 24.3 Å². The third kappa shape index (κ3) is 6.22. The first-order chi connectivity index (χ1) is 11.5. The lowest BCUT2D eigenvalue weighted by atomic mass is 9.86. The molecule has 5 nitrogen and oxygen atoms in total. The van der Waals surface area contributed by atoms with Crippen LogP contribution in [0.1, 0.15) is 44.6 Å². The van der Waals surface area contributed by atoms with Gasteiger partial charge in [-0.3, -0.25) is 9.59 Å². The summed E-state index contributed by atoms with van der Waals surface area (Å²) in [4.78, 5) is 23.6. The van der Waals surface area contributed by atoms with Crippen molar-refractivity contribution >= 4 is 11.9 Å². The molecule has 132 valence electrons. The largest absolute Gasteiger partial charge is 0.493 e. The Morgan fingerprint density at radius 1 is 1.25 bits per heavy atom. The topological polar surface area (TPSA) is 64.6 Å². The minimum atomic E-state index is -0.422. The SMILES string of the molecule is Cc1cccc(OCCC(=O)OCC(=O)N[C@@H]2CCCC[C@@H]2C)c1. The maximum atomic E-state index is 11.9. The molecule has 2 atom stereocenters. The predicted octanol–water partition coefficient (Wildman–Crippen LogP) is 3.00. The molecule has 0 unspecified atom stereocenters. The number of carbonyl (C=O) groups is 2. The summed E-state index contributed by atoms with van der Waals surface area (Å²) >= 11 is 0. The number of nitrogens with one attached hydrogen (secondary N) is 1. The molecule has 1 fully saturated rings. The number of hydrogen-bond donors (Lipinski definition) is 1. The molecule has 1 aliphatic rings. The van der Waals surface area contributed by atoms with Gasteiger partial charge in [-0.1, -0.05) is 31.9 Å². The third-order valence-corrected chi connectivity index (χ3v) is 4.39. The van der Waals surface area contributed by atoms with Gasteiger partial charge in [-0.2, -0.15) is 0 Å². The average molecular weight is 333 g/mol. The Kier molecular flexibility index (Phi) is 7.09. The van der Waals surface area contributed by atoms with E-state index in [1.165, 1.54) is 6.42 Å². The molecule has 0 aliphatic heterocycles. The number of ether oxygens (including phenoxy) is 2. The highest BCUT2D eigenvalue weighted by Crippen LogP contribution is 2.23. The fourth-order valence-electron chi connectivity index (χ4n) is 2.95. The molecular formula is C19H27NO4. The zero-order valence-corrected chi connectivity index (χ0v) is 14.5. The van der Waals surface area contributed by atoms with E-state index in [1.54, 1.807) is 0 Å². The van der Waals surface area contributed by atoms with Gasteiger partial charge in [-0.25, -0.2) is 0 Å². The summed E-state index contributed by atoms with van der Waals surface area (Å²) in [5.41, 5.74) is 1.10. The molecular weight excluding hydrogens is 306 g/mol. The van der Waals surface area contributed by atoms with Crippen LogP contribution in [0.3, 0.4) is 0 Å². The van der Waals surface area contributed by atoms with Gasteiger partial charge >= 0.3 is 5.97 Å². The summed E-state index contributed by atoms with van der Waals surface area (Å²) < 4.78 is 10.5. The summed E-state index contributed by atoms with van der Waals surface area (Å²) in [6.45, 7) is 4.15. The number of benzene rings is 1. The first-order valence-electron chi connectivity index (χ1n) is 8.69. The Labute approximate surface area is 143 Å². The summed E-state index contributed by atoms with van der Waals surface area (Å²) in [5.74, 6) is 0.573. The highest BCUT2D eigenvalue weighted by Gasteiger charge is 2.23. The molecule has 0 aromatic heterocycles. The van der Waals surface area contributed by atoms with Gasteiger partial charge in [0.2, 0.25) is 0 Å². The van der Waals surface area contributed by atoms with Crippen molar-refractivity contribution in [1.29, 1.82) is 0 Å². The van der Waals surface area contributed by atoms with Crippen LogP contribution in [0.25, 0.3) is 0 Å². The standard InChI is InChI=1S/C19H27NO4/c1-14-6-5-8-16(12-14)23-11-10-19(22)24-13-18(21)20-17-9-4-3-7-15(17)2/h5-6,8,12,15,17H,3-4,7,9-11,13H2,1-2H3,(H,20,21)/t15-,17+/m0/s1. The van der Waals surface area contributed by atoms with Crippen molar-refractivity contribution in [2.24, 2.45) is 5.92 Å². The van der Waals surface area contributed by atoms with Crippen LogP contribution in [0, 0.1) is 12.8 Å². The second-order valence-electron chi connectivity index (χ2n) is 6.51. The molecule has 2 rings (SSSR count). The molecule has 1 N–H and O–H groups in total. The highest BCUT2D eigenvalue weighted by molar-refractivity contribution is 5.80. The lowest BCUT2D eigenvalue weighted by Crippen LogP contribution is -2.42. The van der Waals surface area contributed by atoms with Crippen LogP contribution in [-0.4, -0.2) is 31.1 Å². The highest BCUT2D eigenvalue weighted by atomic mass is 16.5. The number of carbonyl (C=O) groups excluding carboxylic acids is 2. The summed E-state index contributed by atoms with van der Waals surface area (Å²) in [5, 5.41) is 2.96. The Morgan fingerprint density at radius 2 is 2.04 bits per heavy atom. The van der Waals surface area contributed by atoms with Crippen LogP contribution in [0.4, 0.5) is 0 Å². The van der Waals surface area contributed by atoms with E-state index in [0.717, 1.165) is 30.6 Å². The molecule has 0 saturated heterocycles. The minimum Gasteiger partial charge on any atom is -0.493 e. The lowest BCUT2D eigenvalue weighted by Gasteiger charge is -2.29. The smallest absolute Gasteiger partial charge is 0.309 e. The Hall–Kier alpha value is -2.04. The van der Waals surface area contributed by atoms with E-state index in [9.17, 15) is 9.59 Å². The number of esters is 1. The van der Waals surface area contributed by atoms with Gasteiger partial charge in [-0.15, -0.1) is 0 Å².